The maximum atomic E-state index is 13.0. The number of carbonyl (C=O) groups is 2. The quantitative estimate of drug-likeness (QED) is 0.122. The third-order valence-corrected chi connectivity index (χ3v) is 6.92. The van der Waals surface area contributed by atoms with Crippen LogP contribution in [-0.2, 0) is 30.7 Å². The Kier molecular flexibility index (Phi) is 10.6. The fourth-order valence-corrected chi connectivity index (χ4v) is 4.41. The molecule has 0 saturated heterocycles. The predicted octanol–water partition coefficient (Wildman–Crippen LogP) is 5.25. The smallest absolute Gasteiger partial charge is 0.367 e. The number of para-hydroxylation sites is 1. The molecule has 0 aliphatic rings. The minimum atomic E-state index is -4.20. The molecule has 0 radical (unpaired) electrons. The van der Waals surface area contributed by atoms with Crippen LogP contribution in [0.25, 0.3) is 0 Å². The topological polar surface area (TPSA) is 142 Å². The van der Waals surface area contributed by atoms with Gasteiger partial charge >= 0.3 is 20.4 Å². The molecule has 12 heteroatoms. The normalized spacial score (nSPS) is 12.2. The summed E-state index contributed by atoms with van der Waals surface area (Å²) in [7, 11) is -4.01. The molecule has 2 aromatic carbocycles. The second-order valence-electron chi connectivity index (χ2n) is 10.9. The molecule has 0 amide bonds. The van der Waals surface area contributed by atoms with E-state index in [1.165, 1.54) is 7.11 Å². The Balaban J connectivity index is 2.87. The standard InChI is InChI=1S/C27H35O10PS/c1-26(2,3)24(28)36-19-18(15-11-12-16-39(31,32)33)23(38-30)22(35-17-13-9-8-10-14-17)20(34-7)21(19)37-25(29)27(4,5)6/h8-10,13-14H,11-12,15-16H2,1-7H3,(H,31,32,33)/p+1. The lowest BCUT2D eigenvalue weighted by molar-refractivity contribution is -0.145. The fourth-order valence-electron chi connectivity index (χ4n) is 3.22. The zero-order chi connectivity index (χ0) is 29.6. The van der Waals surface area contributed by atoms with Gasteiger partial charge in [0.15, 0.2) is 5.75 Å². The summed E-state index contributed by atoms with van der Waals surface area (Å²) in [5.41, 5.74) is -1.69. The summed E-state index contributed by atoms with van der Waals surface area (Å²) in [6.07, 6.45) is 0.314. The van der Waals surface area contributed by atoms with E-state index in [9.17, 15) is 22.6 Å². The van der Waals surface area contributed by atoms with Crippen molar-refractivity contribution < 1.29 is 46.1 Å². The van der Waals surface area contributed by atoms with Crippen LogP contribution in [0.1, 0.15) is 59.9 Å². The minimum absolute atomic E-state index is 0.00548. The van der Waals surface area contributed by atoms with Crippen LogP contribution in [-0.4, -0.2) is 37.8 Å². The summed E-state index contributed by atoms with van der Waals surface area (Å²) in [4.78, 5) is 26.1. The highest BCUT2D eigenvalue weighted by Gasteiger charge is 2.38. The summed E-state index contributed by atoms with van der Waals surface area (Å²) < 4.78 is 67.5. The molecule has 0 bridgehead atoms. The van der Waals surface area contributed by atoms with Crippen LogP contribution >= 0.6 is 8.46 Å². The molecular weight excluding hydrogens is 547 g/mol. The van der Waals surface area contributed by atoms with Crippen LogP contribution in [0.3, 0.4) is 0 Å². The van der Waals surface area contributed by atoms with E-state index in [2.05, 4.69) is 0 Å². The molecule has 2 aromatic rings. The largest absolute Gasteiger partial charge is 0.489 e. The van der Waals surface area contributed by atoms with E-state index in [4.69, 9.17) is 23.5 Å². The molecule has 0 heterocycles. The van der Waals surface area contributed by atoms with Gasteiger partial charge in [-0.1, -0.05) is 22.8 Å². The van der Waals surface area contributed by atoms with Gasteiger partial charge in [-0.25, -0.2) is 0 Å². The van der Waals surface area contributed by atoms with Crippen molar-refractivity contribution in [3.63, 3.8) is 0 Å². The molecule has 1 unspecified atom stereocenters. The first-order valence-corrected chi connectivity index (χ1v) is 14.8. The first kappa shape index (κ1) is 32.2. The van der Waals surface area contributed by atoms with Gasteiger partial charge in [0.05, 0.1) is 29.3 Å². The zero-order valence-electron chi connectivity index (χ0n) is 23.2. The minimum Gasteiger partial charge on any atom is -0.489 e. The predicted molar refractivity (Wildman–Crippen MR) is 148 cm³/mol. The lowest BCUT2D eigenvalue weighted by Crippen LogP contribution is -2.29. The van der Waals surface area contributed by atoms with Crippen molar-refractivity contribution in [2.45, 2.75) is 60.8 Å². The third kappa shape index (κ3) is 9.02. The maximum Gasteiger partial charge on any atom is 0.367 e. The lowest BCUT2D eigenvalue weighted by Gasteiger charge is -2.24. The van der Waals surface area contributed by atoms with E-state index < -0.39 is 47.1 Å². The molecule has 0 aliphatic carbocycles. The van der Waals surface area contributed by atoms with Crippen LogP contribution in [0, 0.1) is 10.8 Å². The van der Waals surface area contributed by atoms with E-state index in [-0.39, 0.29) is 53.1 Å². The van der Waals surface area contributed by atoms with Crippen molar-refractivity contribution in [1.82, 2.24) is 0 Å². The van der Waals surface area contributed by atoms with Gasteiger partial charge in [-0.05, 0) is 72.9 Å². The molecule has 0 aromatic heterocycles. The van der Waals surface area contributed by atoms with Crippen molar-refractivity contribution in [3.05, 3.63) is 35.9 Å². The molecule has 1 atom stereocenters. The highest BCUT2D eigenvalue weighted by Crippen LogP contribution is 2.49. The van der Waals surface area contributed by atoms with Gasteiger partial charge < -0.3 is 18.9 Å². The Hall–Kier alpha value is -3.01. The third-order valence-electron chi connectivity index (χ3n) is 5.38. The van der Waals surface area contributed by atoms with E-state index in [1.54, 1.807) is 71.9 Å². The molecule has 0 spiro atoms. The number of esters is 2. The van der Waals surface area contributed by atoms with Crippen molar-refractivity contribution in [2.24, 2.45) is 10.8 Å². The Morgan fingerprint density at radius 2 is 1.38 bits per heavy atom. The number of hydrogen-bond donors (Lipinski definition) is 1. The molecule has 10 nitrogen and oxygen atoms in total. The monoisotopic (exact) mass is 583 g/mol. The van der Waals surface area contributed by atoms with Crippen molar-refractivity contribution >= 4 is 35.8 Å². The Morgan fingerprint density at radius 1 is 0.846 bits per heavy atom. The van der Waals surface area contributed by atoms with E-state index in [1.807, 2.05) is 0 Å². The van der Waals surface area contributed by atoms with Gasteiger partial charge in [0.1, 0.15) is 5.75 Å². The van der Waals surface area contributed by atoms with Gasteiger partial charge in [0.25, 0.3) is 10.1 Å². The van der Waals surface area contributed by atoms with Crippen LogP contribution < -0.4 is 24.3 Å². The molecule has 2 rings (SSSR count). The average Bonchev–Trinajstić information content (AvgIpc) is 2.82. The van der Waals surface area contributed by atoms with Gasteiger partial charge in [-0.3, -0.25) is 14.1 Å². The summed E-state index contributed by atoms with van der Waals surface area (Å²) >= 11 is 0. The molecule has 1 N–H and O–H groups in total. The second-order valence-corrected chi connectivity index (χ2v) is 13.2. The summed E-state index contributed by atoms with van der Waals surface area (Å²) in [5, 5.41) is 0.120. The number of unbranched alkanes of at least 4 members (excludes halogenated alkanes) is 1. The maximum absolute atomic E-state index is 13.0. The van der Waals surface area contributed by atoms with Gasteiger partial charge in [-0.15, -0.1) is 0 Å². The van der Waals surface area contributed by atoms with Gasteiger partial charge in [0.2, 0.25) is 22.6 Å². The Labute approximate surface area is 230 Å². The lowest BCUT2D eigenvalue weighted by atomic mass is 9.96. The summed E-state index contributed by atoms with van der Waals surface area (Å²) in [6.45, 7) is 9.86. The first-order chi connectivity index (χ1) is 18.0. The molecule has 0 aliphatic heterocycles. The van der Waals surface area contributed by atoms with Crippen LogP contribution in [0.2, 0.25) is 0 Å². The highest BCUT2D eigenvalue weighted by atomic mass is 32.2. The van der Waals surface area contributed by atoms with E-state index in [0.29, 0.717) is 5.75 Å². The molecule has 0 saturated carbocycles. The first-order valence-electron chi connectivity index (χ1n) is 12.3. The Bertz CT molecular complexity index is 1310. The molecular formula is C27H36O10PS+. The summed E-state index contributed by atoms with van der Waals surface area (Å²) in [5.74, 6) is -1.94. The fraction of sp³-hybridized carbons (Fsp3) is 0.481. The number of carbonyl (C=O) groups excluding carboxylic acids is 2. The summed E-state index contributed by atoms with van der Waals surface area (Å²) in [6, 6.07) is 8.58. The van der Waals surface area contributed by atoms with Crippen LogP contribution in [0.5, 0.6) is 28.7 Å². The molecule has 39 heavy (non-hydrogen) atoms. The molecule has 214 valence electrons. The number of methoxy groups -OCH3 is 1. The van der Waals surface area contributed by atoms with E-state index >= 15 is 0 Å². The number of hydrogen-bond acceptors (Lipinski definition) is 9. The molecule has 0 fully saturated rings. The number of benzene rings is 2. The van der Waals surface area contributed by atoms with Crippen molar-refractivity contribution in [3.8, 4) is 28.7 Å². The Morgan fingerprint density at radius 3 is 1.85 bits per heavy atom. The van der Waals surface area contributed by atoms with Crippen LogP contribution in [0.15, 0.2) is 30.3 Å². The second kappa shape index (κ2) is 12.9. The van der Waals surface area contributed by atoms with E-state index in [0.717, 1.165) is 0 Å². The number of ether oxygens (including phenoxy) is 4. The SMILES string of the molecule is COc1c(OC(=O)C(C)(C)C)c(OC(=O)C(C)(C)C)c(CCCCS(=O)(=O)O)c([PH+]=O)c1Oc1ccccc1. The highest BCUT2D eigenvalue weighted by molar-refractivity contribution is 7.85. The van der Waals surface area contributed by atoms with Crippen LogP contribution in [0.4, 0.5) is 0 Å². The van der Waals surface area contributed by atoms with Crippen molar-refractivity contribution in [1.29, 1.82) is 0 Å². The van der Waals surface area contributed by atoms with Crippen molar-refractivity contribution in [2.75, 3.05) is 12.9 Å². The zero-order valence-corrected chi connectivity index (χ0v) is 25.1. The van der Waals surface area contributed by atoms with Gasteiger partial charge in [0, 0.05) is 0 Å². The van der Waals surface area contributed by atoms with Gasteiger partial charge in [-0.2, -0.15) is 8.42 Å². The number of rotatable bonds is 11. The average molecular weight is 584 g/mol.